The molecule has 0 heterocycles. The van der Waals surface area contributed by atoms with Gasteiger partial charge in [0.2, 0.25) is 5.91 Å². The van der Waals surface area contributed by atoms with E-state index in [1.165, 1.54) is 17.9 Å². The summed E-state index contributed by atoms with van der Waals surface area (Å²) in [6, 6.07) is 0. The fraction of sp³-hybridized carbons (Fsp3) is 0.800. The third-order valence-electron chi connectivity index (χ3n) is 3.22. The molecule has 0 spiro atoms. The maximum Gasteiger partial charge on any atom is 0.403 e. The van der Waals surface area contributed by atoms with Crippen LogP contribution in [0.1, 0.15) is 46.5 Å². The second-order valence-electron chi connectivity index (χ2n) is 5.07. The van der Waals surface area contributed by atoms with E-state index < -0.39 is 24.1 Å². The third kappa shape index (κ3) is 6.98. The van der Waals surface area contributed by atoms with Gasteiger partial charge < -0.3 is 10.0 Å². The van der Waals surface area contributed by atoms with Crippen LogP contribution in [0, 0.1) is 5.92 Å². The highest BCUT2D eigenvalue weighted by Gasteiger charge is 2.49. The number of allylic oxidation sites excluding steroid dienone is 1. The summed E-state index contributed by atoms with van der Waals surface area (Å²) in [7, 11) is 0. The van der Waals surface area contributed by atoms with E-state index in [0.29, 0.717) is 25.9 Å². The Kier molecular flexibility index (Phi) is 9.33. The van der Waals surface area contributed by atoms with Gasteiger partial charge in [-0.1, -0.05) is 38.8 Å². The van der Waals surface area contributed by atoms with Gasteiger partial charge in [-0.15, -0.1) is 0 Å². The van der Waals surface area contributed by atoms with Crippen molar-refractivity contribution in [3.63, 3.8) is 0 Å². The van der Waals surface area contributed by atoms with Crippen LogP contribution in [0.5, 0.6) is 0 Å². The van der Waals surface area contributed by atoms with Gasteiger partial charge in [-0.05, 0) is 19.8 Å². The van der Waals surface area contributed by atoms with Gasteiger partial charge in [0.1, 0.15) is 0 Å². The number of aliphatic hydroxyl groups excluding tert-OH is 1. The molecule has 21 heavy (non-hydrogen) atoms. The van der Waals surface area contributed by atoms with Crippen molar-refractivity contribution in [2.24, 2.45) is 5.92 Å². The van der Waals surface area contributed by atoms with E-state index in [0.717, 1.165) is 18.9 Å². The molecule has 0 aliphatic rings. The predicted molar refractivity (Wildman–Crippen MR) is 76.8 cm³/mol. The highest BCUT2D eigenvalue weighted by Crippen LogP contribution is 2.31. The van der Waals surface area contributed by atoms with Gasteiger partial charge in [-0.3, -0.25) is 4.79 Å². The minimum Gasteiger partial charge on any atom is -0.388 e. The maximum absolute atomic E-state index is 13.1. The smallest absolute Gasteiger partial charge is 0.388 e. The molecule has 124 valence electrons. The lowest BCUT2D eigenvalue weighted by Crippen LogP contribution is -2.48. The number of nitrogens with zero attached hydrogens (tertiary/aromatic N) is 1. The molecule has 0 saturated carbocycles. The SMILES string of the molecule is C/C=C/[C@@H](O)[C@@H](C(=O)N(CCCC)CCCC)C(F)(F)F. The summed E-state index contributed by atoms with van der Waals surface area (Å²) in [5.74, 6) is -3.42. The molecule has 0 radical (unpaired) electrons. The molecule has 1 N–H and O–H groups in total. The van der Waals surface area contributed by atoms with E-state index in [1.807, 2.05) is 13.8 Å². The molecule has 0 saturated heterocycles. The summed E-state index contributed by atoms with van der Waals surface area (Å²) in [6.07, 6.45) is -1.37. The monoisotopic (exact) mass is 309 g/mol. The molecule has 0 aliphatic carbocycles. The normalized spacial score (nSPS) is 15.2. The number of carbonyl (C=O) groups excluding carboxylic acids is 1. The van der Waals surface area contributed by atoms with Crippen LogP contribution >= 0.6 is 0 Å². The van der Waals surface area contributed by atoms with Crippen LogP contribution in [0.2, 0.25) is 0 Å². The number of hydrogen-bond donors (Lipinski definition) is 1. The fourth-order valence-corrected chi connectivity index (χ4v) is 2.01. The Morgan fingerprint density at radius 1 is 1.19 bits per heavy atom. The van der Waals surface area contributed by atoms with Gasteiger partial charge in [0.15, 0.2) is 5.92 Å². The summed E-state index contributed by atoms with van der Waals surface area (Å²) < 4.78 is 39.3. The standard InChI is InChI=1S/C15H26F3NO2/c1-4-7-10-19(11-8-5-2)14(21)13(15(16,17)18)12(20)9-6-3/h6,9,12-13,20H,4-5,7-8,10-11H2,1-3H3/b9-6+/t12-,13+/m1/s1. The van der Waals surface area contributed by atoms with Crippen molar-refractivity contribution in [2.45, 2.75) is 58.7 Å². The summed E-state index contributed by atoms with van der Waals surface area (Å²) in [4.78, 5) is 13.5. The molecule has 0 rings (SSSR count). The molecule has 0 aromatic heterocycles. The summed E-state index contributed by atoms with van der Waals surface area (Å²) in [6.45, 7) is 5.93. The third-order valence-corrected chi connectivity index (χ3v) is 3.22. The number of alkyl halides is 3. The topological polar surface area (TPSA) is 40.5 Å². The average Bonchev–Trinajstić information content (AvgIpc) is 2.37. The number of carbonyl (C=O) groups is 1. The molecule has 1 amide bonds. The minimum atomic E-state index is -4.76. The molecule has 3 nitrogen and oxygen atoms in total. The molecule has 6 heteroatoms. The summed E-state index contributed by atoms with van der Waals surface area (Å²) in [5.41, 5.74) is 0. The zero-order valence-corrected chi connectivity index (χ0v) is 13.0. The Bertz CT molecular complexity index is 321. The maximum atomic E-state index is 13.1. The molecule has 2 atom stereocenters. The van der Waals surface area contributed by atoms with Crippen molar-refractivity contribution in [3.05, 3.63) is 12.2 Å². The van der Waals surface area contributed by atoms with E-state index in [9.17, 15) is 23.1 Å². The van der Waals surface area contributed by atoms with Crippen LogP contribution in [-0.2, 0) is 4.79 Å². The van der Waals surface area contributed by atoms with E-state index in [1.54, 1.807) is 0 Å². The van der Waals surface area contributed by atoms with Gasteiger partial charge >= 0.3 is 6.18 Å². The number of aliphatic hydroxyl groups is 1. The molecule has 0 aromatic rings. The van der Waals surface area contributed by atoms with E-state index in [2.05, 4.69) is 0 Å². The molecule has 0 unspecified atom stereocenters. The van der Waals surface area contributed by atoms with Gasteiger partial charge in [-0.25, -0.2) is 0 Å². The van der Waals surface area contributed by atoms with Crippen LogP contribution in [0.4, 0.5) is 13.2 Å². The van der Waals surface area contributed by atoms with Crippen LogP contribution in [-0.4, -0.2) is 41.3 Å². The largest absolute Gasteiger partial charge is 0.403 e. The minimum absolute atomic E-state index is 0.296. The van der Waals surface area contributed by atoms with Crippen molar-refractivity contribution in [3.8, 4) is 0 Å². The Labute approximate surface area is 124 Å². The molecule has 0 aliphatic heterocycles. The van der Waals surface area contributed by atoms with Crippen molar-refractivity contribution in [1.29, 1.82) is 0 Å². The molecular formula is C15H26F3NO2. The number of hydrogen-bond acceptors (Lipinski definition) is 2. The Balaban J connectivity index is 5.17. The first-order valence-corrected chi connectivity index (χ1v) is 7.45. The Morgan fingerprint density at radius 3 is 2.00 bits per heavy atom. The van der Waals surface area contributed by atoms with Gasteiger partial charge in [-0.2, -0.15) is 13.2 Å². The van der Waals surface area contributed by atoms with Crippen LogP contribution in [0.3, 0.4) is 0 Å². The van der Waals surface area contributed by atoms with E-state index in [4.69, 9.17) is 0 Å². The first-order chi connectivity index (χ1) is 9.79. The Hall–Kier alpha value is -1.04. The van der Waals surface area contributed by atoms with Gasteiger partial charge in [0.25, 0.3) is 0 Å². The quantitative estimate of drug-likeness (QED) is 0.662. The van der Waals surface area contributed by atoms with Gasteiger partial charge in [0, 0.05) is 13.1 Å². The number of rotatable bonds is 9. The van der Waals surface area contributed by atoms with Crippen molar-refractivity contribution < 1.29 is 23.1 Å². The van der Waals surface area contributed by atoms with Crippen molar-refractivity contribution in [2.75, 3.05) is 13.1 Å². The van der Waals surface area contributed by atoms with Crippen molar-refractivity contribution in [1.82, 2.24) is 4.90 Å². The predicted octanol–water partition coefficient (Wildman–Crippen LogP) is 3.53. The molecule has 0 bridgehead atoms. The summed E-state index contributed by atoms with van der Waals surface area (Å²) in [5, 5.41) is 9.66. The molecule has 0 fully saturated rings. The Morgan fingerprint density at radius 2 is 1.67 bits per heavy atom. The van der Waals surface area contributed by atoms with Gasteiger partial charge in [0.05, 0.1) is 6.10 Å². The first-order valence-electron chi connectivity index (χ1n) is 7.45. The lowest BCUT2D eigenvalue weighted by Gasteiger charge is -2.30. The highest BCUT2D eigenvalue weighted by molar-refractivity contribution is 5.80. The lowest BCUT2D eigenvalue weighted by molar-refractivity contribution is -0.202. The van der Waals surface area contributed by atoms with Crippen LogP contribution in [0.25, 0.3) is 0 Å². The number of amides is 1. The van der Waals surface area contributed by atoms with Crippen molar-refractivity contribution >= 4 is 5.91 Å². The first kappa shape index (κ1) is 20.0. The number of unbranched alkanes of at least 4 members (excludes halogenated alkanes) is 2. The highest BCUT2D eigenvalue weighted by atomic mass is 19.4. The zero-order chi connectivity index (χ0) is 16.5. The number of halogens is 3. The summed E-state index contributed by atoms with van der Waals surface area (Å²) >= 11 is 0. The van der Waals surface area contributed by atoms with Crippen LogP contribution in [0.15, 0.2) is 12.2 Å². The fourth-order valence-electron chi connectivity index (χ4n) is 2.01. The molecule has 0 aromatic carbocycles. The van der Waals surface area contributed by atoms with E-state index >= 15 is 0 Å². The second kappa shape index (κ2) is 9.82. The van der Waals surface area contributed by atoms with Crippen LogP contribution < -0.4 is 0 Å². The molecular weight excluding hydrogens is 283 g/mol. The lowest BCUT2D eigenvalue weighted by atomic mass is 9.99. The van der Waals surface area contributed by atoms with E-state index in [-0.39, 0.29) is 0 Å². The zero-order valence-electron chi connectivity index (χ0n) is 13.0. The average molecular weight is 309 g/mol. The second-order valence-corrected chi connectivity index (χ2v) is 5.07.